The lowest BCUT2D eigenvalue weighted by Crippen LogP contribution is -2.62. The maximum absolute atomic E-state index is 12.6. The van der Waals surface area contributed by atoms with Crippen molar-refractivity contribution in [2.24, 2.45) is 11.1 Å². The van der Waals surface area contributed by atoms with Gasteiger partial charge >= 0.3 is 12.4 Å². The van der Waals surface area contributed by atoms with E-state index in [0.29, 0.717) is 12.8 Å². The van der Waals surface area contributed by atoms with Gasteiger partial charge in [-0.15, -0.1) is 5.16 Å². The minimum Gasteiger partial charge on any atom is -0.411 e. The van der Waals surface area contributed by atoms with E-state index in [2.05, 4.69) is 5.16 Å². The van der Waals surface area contributed by atoms with Crippen LogP contribution in [-0.4, -0.2) is 34.5 Å². The van der Waals surface area contributed by atoms with Crippen LogP contribution in [0.5, 0.6) is 0 Å². The molecule has 0 aliphatic carbocycles. The maximum atomic E-state index is 12.6. The van der Waals surface area contributed by atoms with Gasteiger partial charge in [-0.05, 0) is 6.42 Å². The van der Waals surface area contributed by atoms with Crippen LogP contribution in [0.2, 0.25) is 0 Å². The number of unbranched alkanes of at least 4 members (excludes halogenated alkanes) is 2. The molecule has 0 amide bonds. The molecule has 0 spiro atoms. The Labute approximate surface area is 105 Å². The summed E-state index contributed by atoms with van der Waals surface area (Å²) >= 11 is 0. The molecule has 0 aromatic carbocycles. The van der Waals surface area contributed by atoms with Gasteiger partial charge in [0.2, 0.25) is 0 Å². The quantitative estimate of drug-likeness (QED) is 0.259. The van der Waals surface area contributed by atoms with Crippen LogP contribution in [0.15, 0.2) is 5.16 Å². The smallest absolute Gasteiger partial charge is 0.411 e. The van der Waals surface area contributed by atoms with Gasteiger partial charge in [0.15, 0.2) is 0 Å². The average Bonchev–Trinajstić information content (AvgIpc) is 2.24. The second kappa shape index (κ2) is 6.44. The highest BCUT2D eigenvalue weighted by Crippen LogP contribution is 2.48. The van der Waals surface area contributed by atoms with E-state index in [9.17, 15) is 26.3 Å². The number of oxime groups is 1. The fraction of sp³-hybridized carbons (Fsp3) is 0.900. The molecule has 0 radical (unpaired) electrons. The van der Waals surface area contributed by atoms with Crippen LogP contribution >= 0.6 is 0 Å². The van der Waals surface area contributed by atoms with Gasteiger partial charge in [-0.3, -0.25) is 0 Å². The van der Waals surface area contributed by atoms with Crippen molar-refractivity contribution in [3.63, 3.8) is 0 Å². The Balaban J connectivity index is 5.40. The van der Waals surface area contributed by atoms with Crippen molar-refractivity contribution < 1.29 is 36.7 Å². The molecule has 1 unspecified atom stereocenters. The van der Waals surface area contributed by atoms with Gasteiger partial charge in [0.25, 0.3) is 5.60 Å². The van der Waals surface area contributed by atoms with Gasteiger partial charge in [0, 0.05) is 5.92 Å². The molecule has 0 fully saturated rings. The topological polar surface area (TPSA) is 52.8 Å². The van der Waals surface area contributed by atoms with Crippen molar-refractivity contribution in [1.29, 1.82) is 0 Å². The van der Waals surface area contributed by atoms with E-state index < -0.39 is 30.3 Å². The summed E-state index contributed by atoms with van der Waals surface area (Å²) in [5.74, 6) is -2.39. The fourth-order valence-electron chi connectivity index (χ4n) is 1.67. The Morgan fingerprint density at radius 3 is 1.84 bits per heavy atom. The summed E-state index contributed by atoms with van der Waals surface area (Å²) in [5, 5.41) is 19.6. The molecule has 0 aliphatic rings. The summed E-state index contributed by atoms with van der Waals surface area (Å²) in [6.45, 7) is 1.72. The number of rotatable bonds is 6. The molecule has 114 valence electrons. The van der Waals surface area contributed by atoms with Crippen molar-refractivity contribution in [3.8, 4) is 0 Å². The first-order valence-corrected chi connectivity index (χ1v) is 5.55. The van der Waals surface area contributed by atoms with Crippen molar-refractivity contribution in [2.75, 3.05) is 0 Å². The van der Waals surface area contributed by atoms with Crippen LogP contribution in [0.3, 0.4) is 0 Å². The van der Waals surface area contributed by atoms with Crippen LogP contribution in [0.1, 0.15) is 32.6 Å². The molecule has 0 saturated carbocycles. The predicted molar refractivity (Wildman–Crippen MR) is 55.0 cm³/mol. The summed E-state index contributed by atoms with van der Waals surface area (Å²) in [6.07, 6.45) is -11.3. The van der Waals surface area contributed by atoms with Gasteiger partial charge in [0.05, 0.1) is 6.21 Å². The molecule has 1 atom stereocenters. The summed E-state index contributed by atoms with van der Waals surface area (Å²) in [4.78, 5) is 0. The van der Waals surface area contributed by atoms with E-state index >= 15 is 0 Å². The largest absolute Gasteiger partial charge is 0.426 e. The van der Waals surface area contributed by atoms with Crippen molar-refractivity contribution in [3.05, 3.63) is 0 Å². The Morgan fingerprint density at radius 1 is 1.05 bits per heavy atom. The zero-order chi connectivity index (χ0) is 15.3. The monoisotopic (exact) mass is 295 g/mol. The highest BCUT2D eigenvalue weighted by Gasteiger charge is 2.73. The third kappa shape index (κ3) is 3.99. The van der Waals surface area contributed by atoms with Gasteiger partial charge in [-0.1, -0.05) is 26.2 Å². The molecule has 9 heteroatoms. The van der Waals surface area contributed by atoms with Crippen molar-refractivity contribution in [2.45, 2.75) is 50.6 Å². The molecule has 2 N–H and O–H groups in total. The van der Waals surface area contributed by atoms with Crippen LogP contribution in [0.25, 0.3) is 0 Å². The normalized spacial score (nSPS) is 16.0. The summed E-state index contributed by atoms with van der Waals surface area (Å²) < 4.78 is 75.4. The van der Waals surface area contributed by atoms with Crippen LogP contribution in [-0.2, 0) is 0 Å². The predicted octanol–water partition coefficient (Wildman–Crippen LogP) is 3.50. The number of nitrogens with zero attached hydrogens (tertiary/aromatic N) is 1. The first kappa shape index (κ1) is 18.0. The lowest BCUT2D eigenvalue weighted by molar-refractivity contribution is -0.378. The third-order valence-corrected chi connectivity index (χ3v) is 2.77. The highest BCUT2D eigenvalue weighted by molar-refractivity contribution is 5.62. The van der Waals surface area contributed by atoms with E-state index in [-0.39, 0.29) is 12.6 Å². The Hall–Kier alpha value is -0.990. The zero-order valence-corrected chi connectivity index (χ0v) is 10.1. The molecule has 0 saturated heterocycles. The first-order chi connectivity index (χ1) is 8.52. The molecule has 0 aromatic rings. The second-order valence-electron chi connectivity index (χ2n) is 4.13. The van der Waals surface area contributed by atoms with Crippen molar-refractivity contribution >= 4 is 6.21 Å². The lowest BCUT2D eigenvalue weighted by Gasteiger charge is -2.36. The van der Waals surface area contributed by atoms with Crippen LogP contribution in [0, 0.1) is 5.92 Å². The minimum absolute atomic E-state index is 0.0433. The first-order valence-electron chi connectivity index (χ1n) is 5.55. The SMILES string of the molecule is CCCCCC(/C=N/O)C(O)(C(F)(F)F)C(F)(F)F. The average molecular weight is 295 g/mol. The fourth-order valence-corrected chi connectivity index (χ4v) is 1.67. The lowest BCUT2D eigenvalue weighted by atomic mass is 9.83. The van der Waals surface area contributed by atoms with Crippen LogP contribution in [0.4, 0.5) is 26.3 Å². The molecule has 19 heavy (non-hydrogen) atoms. The van der Waals surface area contributed by atoms with Crippen LogP contribution < -0.4 is 0 Å². The molecule has 0 heterocycles. The van der Waals surface area contributed by atoms with E-state index in [1.807, 2.05) is 0 Å². The number of hydrogen-bond donors (Lipinski definition) is 2. The molecule has 0 rings (SSSR count). The number of alkyl halides is 6. The molecule has 0 aromatic heterocycles. The number of hydrogen-bond acceptors (Lipinski definition) is 3. The molecular formula is C10H15F6NO2. The summed E-state index contributed by atoms with van der Waals surface area (Å²) in [7, 11) is 0. The second-order valence-corrected chi connectivity index (χ2v) is 4.13. The summed E-state index contributed by atoms with van der Waals surface area (Å²) in [6, 6.07) is 0. The number of halogens is 6. The molecule has 0 bridgehead atoms. The van der Waals surface area contributed by atoms with E-state index in [1.165, 1.54) is 0 Å². The van der Waals surface area contributed by atoms with E-state index in [0.717, 1.165) is 0 Å². The zero-order valence-electron chi connectivity index (χ0n) is 10.1. The molecular weight excluding hydrogens is 280 g/mol. The van der Waals surface area contributed by atoms with Gasteiger partial charge in [-0.25, -0.2) is 0 Å². The molecule has 0 aliphatic heterocycles. The maximum Gasteiger partial charge on any atom is 0.426 e. The highest BCUT2D eigenvalue weighted by atomic mass is 19.4. The van der Waals surface area contributed by atoms with Gasteiger partial charge in [-0.2, -0.15) is 26.3 Å². The Bertz CT molecular complexity index is 285. The van der Waals surface area contributed by atoms with E-state index in [4.69, 9.17) is 10.3 Å². The Kier molecular flexibility index (Phi) is 6.11. The third-order valence-electron chi connectivity index (χ3n) is 2.77. The Morgan fingerprint density at radius 2 is 1.53 bits per heavy atom. The van der Waals surface area contributed by atoms with Crippen molar-refractivity contribution in [1.82, 2.24) is 0 Å². The number of aliphatic hydroxyl groups is 1. The van der Waals surface area contributed by atoms with Gasteiger partial charge in [0.1, 0.15) is 0 Å². The summed E-state index contributed by atoms with van der Waals surface area (Å²) in [5.41, 5.74) is -4.92. The van der Waals surface area contributed by atoms with E-state index in [1.54, 1.807) is 6.92 Å². The standard InChI is InChI=1S/C10H15F6NO2/c1-2-3-4-5-7(6-17-19)8(18,9(11,12)13)10(14,15)16/h6-7,18-19H,2-5H2,1H3/b17-6+. The molecule has 3 nitrogen and oxygen atoms in total. The van der Waals surface area contributed by atoms with Gasteiger partial charge < -0.3 is 10.3 Å². The minimum atomic E-state index is -5.91.